The molecule has 0 spiro atoms. The van der Waals surface area contributed by atoms with Crippen LogP contribution < -0.4 is 10.6 Å². The second-order valence-corrected chi connectivity index (χ2v) is 6.60. The number of aliphatic carboxylic acids is 1. The highest BCUT2D eigenvalue weighted by molar-refractivity contribution is 5.92. The van der Waals surface area contributed by atoms with Crippen LogP contribution in [0, 0.1) is 11.8 Å². The first-order valence-electron chi connectivity index (χ1n) is 8.03. The fourth-order valence-electron chi connectivity index (χ4n) is 2.57. The number of carboxylic acid groups (broad SMARTS) is 1. The van der Waals surface area contributed by atoms with Gasteiger partial charge in [0.2, 0.25) is 17.7 Å². The maximum absolute atomic E-state index is 12.3. The van der Waals surface area contributed by atoms with Crippen LogP contribution in [0.3, 0.4) is 0 Å². The lowest BCUT2D eigenvalue weighted by Crippen LogP contribution is -2.47. The molecular formula is C15H22F3N3O5. The third-order valence-electron chi connectivity index (χ3n) is 3.72. The standard InChI is InChI=1S/C15H22F3N3O5/c1-8(2)3-10(14(25)26)20-11(22)5-19-13(24)9-4-12(23)21(6-9)7-15(16,17)18/h8-10H,3-7H2,1-2H3,(H,19,24)(H,20,22)(H,25,26)/t9?,10-/m0/s1. The second kappa shape index (κ2) is 8.86. The molecule has 3 amide bonds. The van der Waals surface area contributed by atoms with E-state index in [1.165, 1.54) is 0 Å². The average Bonchev–Trinajstić information content (AvgIpc) is 2.82. The third kappa shape index (κ3) is 7.28. The Morgan fingerprint density at radius 3 is 2.42 bits per heavy atom. The van der Waals surface area contributed by atoms with E-state index in [1.807, 2.05) is 0 Å². The predicted molar refractivity (Wildman–Crippen MR) is 82.8 cm³/mol. The average molecular weight is 381 g/mol. The minimum absolute atomic E-state index is 0.0232. The van der Waals surface area contributed by atoms with Crippen LogP contribution in [0.15, 0.2) is 0 Å². The SMILES string of the molecule is CC(C)C[C@H](NC(=O)CNC(=O)C1CC(=O)N(CC(F)(F)F)C1)C(=O)O. The highest BCUT2D eigenvalue weighted by atomic mass is 19.4. The van der Waals surface area contributed by atoms with E-state index < -0.39 is 54.9 Å². The summed E-state index contributed by atoms with van der Waals surface area (Å²) in [6.45, 7) is 1.24. The summed E-state index contributed by atoms with van der Waals surface area (Å²) in [7, 11) is 0. The first-order valence-corrected chi connectivity index (χ1v) is 8.03. The van der Waals surface area contributed by atoms with Crippen molar-refractivity contribution in [2.45, 2.75) is 38.9 Å². The van der Waals surface area contributed by atoms with Crippen molar-refractivity contribution in [1.82, 2.24) is 15.5 Å². The molecule has 2 atom stereocenters. The van der Waals surface area contributed by atoms with Crippen LogP contribution in [0.4, 0.5) is 13.2 Å². The predicted octanol–water partition coefficient (Wildman–Crippen LogP) is 0.129. The molecule has 1 aliphatic heterocycles. The van der Waals surface area contributed by atoms with E-state index in [1.54, 1.807) is 13.8 Å². The summed E-state index contributed by atoms with van der Waals surface area (Å²) in [5, 5.41) is 13.5. The second-order valence-electron chi connectivity index (χ2n) is 6.60. The number of alkyl halides is 3. The van der Waals surface area contributed by atoms with Crippen LogP contribution in [0.2, 0.25) is 0 Å². The smallest absolute Gasteiger partial charge is 0.406 e. The van der Waals surface area contributed by atoms with Gasteiger partial charge in [0.25, 0.3) is 0 Å². The largest absolute Gasteiger partial charge is 0.480 e. The zero-order chi connectivity index (χ0) is 20.1. The van der Waals surface area contributed by atoms with Crippen LogP contribution in [-0.2, 0) is 19.2 Å². The van der Waals surface area contributed by atoms with Crippen molar-refractivity contribution < 1.29 is 37.5 Å². The summed E-state index contributed by atoms with van der Waals surface area (Å²) in [6.07, 6.45) is -4.71. The molecule has 1 rings (SSSR count). The van der Waals surface area contributed by atoms with Gasteiger partial charge >= 0.3 is 12.1 Å². The molecule has 0 saturated carbocycles. The van der Waals surface area contributed by atoms with Gasteiger partial charge in [-0.15, -0.1) is 0 Å². The number of nitrogens with zero attached hydrogens (tertiary/aromatic N) is 1. The molecule has 26 heavy (non-hydrogen) atoms. The number of carboxylic acids is 1. The maximum Gasteiger partial charge on any atom is 0.406 e. The van der Waals surface area contributed by atoms with Gasteiger partial charge in [-0.1, -0.05) is 13.8 Å². The summed E-state index contributed by atoms with van der Waals surface area (Å²) in [4.78, 5) is 46.8. The normalized spacial score (nSPS) is 18.8. The minimum Gasteiger partial charge on any atom is -0.480 e. The molecule has 1 aliphatic rings. The summed E-state index contributed by atoms with van der Waals surface area (Å²) in [6, 6.07) is -1.10. The maximum atomic E-state index is 12.3. The number of nitrogens with one attached hydrogen (secondary N) is 2. The number of carbonyl (C=O) groups is 4. The first-order chi connectivity index (χ1) is 11.9. The fourth-order valence-corrected chi connectivity index (χ4v) is 2.57. The lowest BCUT2D eigenvalue weighted by Gasteiger charge is -2.18. The molecule has 0 aromatic rings. The molecule has 1 heterocycles. The number of likely N-dealkylation sites (tertiary alicyclic amines) is 1. The molecule has 8 nitrogen and oxygen atoms in total. The van der Waals surface area contributed by atoms with Crippen molar-refractivity contribution >= 4 is 23.7 Å². The summed E-state index contributed by atoms with van der Waals surface area (Å²) >= 11 is 0. The van der Waals surface area contributed by atoms with Crippen molar-refractivity contribution in [2.24, 2.45) is 11.8 Å². The van der Waals surface area contributed by atoms with Crippen molar-refractivity contribution in [3.05, 3.63) is 0 Å². The minimum atomic E-state index is -4.55. The van der Waals surface area contributed by atoms with Crippen LogP contribution in [0.1, 0.15) is 26.7 Å². The number of carbonyl (C=O) groups excluding carboxylic acids is 3. The molecule has 0 aliphatic carbocycles. The lowest BCUT2D eigenvalue weighted by molar-refractivity contribution is -0.157. The van der Waals surface area contributed by atoms with Crippen molar-refractivity contribution in [3.8, 4) is 0 Å². The summed E-state index contributed by atoms with van der Waals surface area (Å²) in [5.74, 6) is -4.41. The Labute approximate surface area is 148 Å². The van der Waals surface area contributed by atoms with Gasteiger partial charge in [-0.3, -0.25) is 14.4 Å². The Balaban J connectivity index is 2.47. The number of hydrogen-bond acceptors (Lipinski definition) is 4. The van der Waals surface area contributed by atoms with Crippen molar-refractivity contribution in [2.75, 3.05) is 19.6 Å². The molecule has 0 aromatic carbocycles. The number of hydrogen-bond donors (Lipinski definition) is 3. The third-order valence-corrected chi connectivity index (χ3v) is 3.72. The van der Waals surface area contributed by atoms with Crippen molar-refractivity contribution in [3.63, 3.8) is 0 Å². The molecule has 1 fully saturated rings. The molecule has 148 valence electrons. The molecule has 1 saturated heterocycles. The van der Waals surface area contributed by atoms with E-state index in [-0.39, 0.29) is 25.3 Å². The Morgan fingerprint density at radius 1 is 1.31 bits per heavy atom. The van der Waals surface area contributed by atoms with Gasteiger partial charge in [-0.2, -0.15) is 13.2 Å². The van der Waals surface area contributed by atoms with Crippen LogP contribution in [0.5, 0.6) is 0 Å². The quantitative estimate of drug-likeness (QED) is 0.553. The van der Waals surface area contributed by atoms with Gasteiger partial charge in [-0.05, 0) is 12.3 Å². The van der Waals surface area contributed by atoms with E-state index in [9.17, 15) is 32.3 Å². The zero-order valence-corrected chi connectivity index (χ0v) is 14.4. The lowest BCUT2D eigenvalue weighted by atomic mass is 10.0. The van der Waals surface area contributed by atoms with Crippen LogP contribution in [-0.4, -0.2) is 65.5 Å². The van der Waals surface area contributed by atoms with Gasteiger partial charge in [0.05, 0.1) is 12.5 Å². The van der Waals surface area contributed by atoms with Gasteiger partial charge < -0.3 is 20.6 Å². The molecular weight excluding hydrogens is 359 g/mol. The highest BCUT2D eigenvalue weighted by Crippen LogP contribution is 2.23. The Morgan fingerprint density at radius 2 is 1.92 bits per heavy atom. The number of halogens is 3. The van der Waals surface area contributed by atoms with Crippen LogP contribution in [0.25, 0.3) is 0 Å². The molecule has 0 radical (unpaired) electrons. The molecule has 3 N–H and O–H groups in total. The van der Waals surface area contributed by atoms with E-state index in [2.05, 4.69) is 10.6 Å². The topological polar surface area (TPSA) is 116 Å². The summed E-state index contributed by atoms with van der Waals surface area (Å²) < 4.78 is 37.0. The van der Waals surface area contributed by atoms with Gasteiger partial charge in [0.15, 0.2) is 0 Å². The Bertz CT molecular complexity index is 565. The molecule has 0 bridgehead atoms. The van der Waals surface area contributed by atoms with Gasteiger partial charge in [0, 0.05) is 13.0 Å². The monoisotopic (exact) mass is 381 g/mol. The van der Waals surface area contributed by atoms with Crippen LogP contribution >= 0.6 is 0 Å². The Kier molecular flexibility index (Phi) is 7.40. The van der Waals surface area contributed by atoms with Gasteiger partial charge in [0.1, 0.15) is 12.6 Å². The highest BCUT2D eigenvalue weighted by Gasteiger charge is 2.40. The van der Waals surface area contributed by atoms with E-state index >= 15 is 0 Å². The molecule has 0 aromatic heterocycles. The fraction of sp³-hybridized carbons (Fsp3) is 0.733. The molecule has 11 heteroatoms. The first kappa shape index (κ1) is 21.7. The molecule has 1 unspecified atom stereocenters. The van der Waals surface area contributed by atoms with E-state index in [0.29, 0.717) is 4.90 Å². The summed E-state index contributed by atoms with van der Waals surface area (Å²) in [5.41, 5.74) is 0. The number of amides is 3. The van der Waals surface area contributed by atoms with Crippen molar-refractivity contribution in [1.29, 1.82) is 0 Å². The number of rotatable bonds is 8. The van der Waals surface area contributed by atoms with E-state index in [4.69, 9.17) is 5.11 Å². The van der Waals surface area contributed by atoms with E-state index in [0.717, 1.165) is 0 Å². The van der Waals surface area contributed by atoms with Gasteiger partial charge in [-0.25, -0.2) is 4.79 Å². The Hall–Kier alpha value is -2.33. The zero-order valence-electron chi connectivity index (χ0n) is 14.4.